The van der Waals surface area contributed by atoms with Gasteiger partial charge in [-0.25, -0.2) is 0 Å². The van der Waals surface area contributed by atoms with E-state index in [2.05, 4.69) is 26.9 Å². The van der Waals surface area contributed by atoms with Crippen molar-refractivity contribution >= 4 is 13.2 Å². The van der Waals surface area contributed by atoms with Crippen LogP contribution in [-0.4, -0.2) is 19.9 Å². The zero-order chi connectivity index (χ0) is 14.8. The van der Waals surface area contributed by atoms with Gasteiger partial charge >= 0.3 is 5.97 Å². The highest BCUT2D eigenvalue weighted by atomic mass is 16.5. The molecule has 3 heteroatoms. The molecule has 0 amide bonds. The van der Waals surface area contributed by atoms with Crippen LogP contribution in [0, 0.1) is 5.92 Å². The van der Waals surface area contributed by atoms with Gasteiger partial charge in [0.05, 0.1) is 5.92 Å². The van der Waals surface area contributed by atoms with E-state index in [0.717, 1.165) is 18.4 Å². The van der Waals surface area contributed by atoms with Gasteiger partial charge < -0.3 is 4.74 Å². The predicted octanol–water partition coefficient (Wildman–Crippen LogP) is 3.70. The van der Waals surface area contributed by atoms with Crippen LogP contribution in [0.2, 0.25) is 12.6 Å². The molecule has 0 radical (unpaired) electrons. The third kappa shape index (κ3) is 7.50. The Bertz CT molecular complexity index is 378. The van der Waals surface area contributed by atoms with Crippen LogP contribution >= 0.6 is 0 Å². The Morgan fingerprint density at radius 1 is 1.32 bits per heavy atom. The Kier molecular flexibility index (Phi) is 8.68. The number of carbonyl (C=O) groups excluding carboxylic acids is 1. The first kappa shape index (κ1) is 17.5. The number of rotatable bonds is 8. The Balaban J connectivity index is 4.55. The van der Waals surface area contributed by atoms with Crippen LogP contribution in [-0.2, 0) is 9.53 Å². The number of esters is 1. The molecule has 0 spiro atoms. The van der Waals surface area contributed by atoms with Crippen molar-refractivity contribution in [2.24, 2.45) is 5.92 Å². The van der Waals surface area contributed by atoms with E-state index in [4.69, 9.17) is 4.74 Å². The average molecular weight is 260 g/mol. The summed E-state index contributed by atoms with van der Waals surface area (Å²) in [4.78, 5) is 11.4. The van der Waals surface area contributed by atoms with Gasteiger partial charge in [-0.3, -0.25) is 4.79 Å². The SMILES string of the molecule is C=C/C=C(\C=C/C(=C)C(C)BC)COC(=O)C(C)C. The van der Waals surface area contributed by atoms with Crippen molar-refractivity contribution in [3.63, 3.8) is 0 Å². The molecule has 0 aromatic rings. The summed E-state index contributed by atoms with van der Waals surface area (Å²) in [6.45, 7) is 15.9. The van der Waals surface area contributed by atoms with Crippen LogP contribution in [0.25, 0.3) is 0 Å². The molecule has 1 unspecified atom stereocenters. The monoisotopic (exact) mass is 260 g/mol. The Labute approximate surface area is 118 Å². The van der Waals surface area contributed by atoms with Gasteiger partial charge in [0.1, 0.15) is 13.9 Å². The van der Waals surface area contributed by atoms with Crippen LogP contribution in [0.1, 0.15) is 20.8 Å². The molecular formula is C16H25BO2. The van der Waals surface area contributed by atoms with E-state index in [1.165, 1.54) is 0 Å². The molecular weight excluding hydrogens is 235 g/mol. The van der Waals surface area contributed by atoms with Crippen LogP contribution in [0.15, 0.2) is 48.6 Å². The van der Waals surface area contributed by atoms with Crippen molar-refractivity contribution in [1.82, 2.24) is 0 Å². The molecule has 0 aliphatic carbocycles. The number of hydrogen-bond acceptors (Lipinski definition) is 2. The molecule has 0 aromatic carbocycles. The topological polar surface area (TPSA) is 26.3 Å². The van der Waals surface area contributed by atoms with Gasteiger partial charge in [-0.1, -0.05) is 70.6 Å². The summed E-state index contributed by atoms with van der Waals surface area (Å²) in [7, 11) is 1.06. The maximum atomic E-state index is 11.4. The molecule has 0 bridgehead atoms. The van der Waals surface area contributed by atoms with Crippen molar-refractivity contribution in [1.29, 1.82) is 0 Å². The summed E-state index contributed by atoms with van der Waals surface area (Å²) in [5, 5.41) is 0. The lowest BCUT2D eigenvalue weighted by Crippen LogP contribution is -2.13. The lowest BCUT2D eigenvalue weighted by Gasteiger charge is -2.09. The van der Waals surface area contributed by atoms with E-state index >= 15 is 0 Å². The van der Waals surface area contributed by atoms with E-state index in [0.29, 0.717) is 5.82 Å². The third-order valence-electron chi connectivity index (χ3n) is 2.94. The fourth-order valence-electron chi connectivity index (χ4n) is 1.26. The Hall–Kier alpha value is -1.51. The van der Waals surface area contributed by atoms with Crippen molar-refractivity contribution in [3.8, 4) is 0 Å². The molecule has 0 aliphatic heterocycles. The smallest absolute Gasteiger partial charge is 0.308 e. The molecule has 0 aliphatic rings. The standard InChI is InChI=1S/C16H25BO2/c1-7-8-15(11-19-16(18)12(2)3)10-9-13(4)14(5)17-6/h7-10,12,14,17H,1,4,11H2,2-3,5-6H3/b10-9-,15-8+. The molecule has 0 rings (SSSR count). The second-order valence-electron chi connectivity index (χ2n) is 4.96. The van der Waals surface area contributed by atoms with Gasteiger partial charge in [-0.05, 0) is 11.4 Å². The molecule has 0 heterocycles. The van der Waals surface area contributed by atoms with Gasteiger partial charge in [0.15, 0.2) is 0 Å². The molecule has 0 saturated heterocycles. The van der Waals surface area contributed by atoms with Crippen molar-refractivity contribution < 1.29 is 9.53 Å². The lowest BCUT2D eigenvalue weighted by molar-refractivity contribution is -0.146. The molecule has 0 saturated carbocycles. The van der Waals surface area contributed by atoms with E-state index < -0.39 is 0 Å². The fourth-order valence-corrected chi connectivity index (χ4v) is 1.26. The quantitative estimate of drug-likeness (QED) is 0.378. The van der Waals surface area contributed by atoms with E-state index in [1.807, 2.05) is 32.1 Å². The molecule has 104 valence electrons. The summed E-state index contributed by atoms with van der Waals surface area (Å²) in [5.41, 5.74) is 1.99. The minimum absolute atomic E-state index is 0.107. The van der Waals surface area contributed by atoms with Crippen molar-refractivity contribution in [2.45, 2.75) is 33.4 Å². The average Bonchev–Trinajstić information content (AvgIpc) is 2.39. The number of carbonyl (C=O) groups is 1. The van der Waals surface area contributed by atoms with Crippen molar-refractivity contribution in [2.75, 3.05) is 6.61 Å². The van der Waals surface area contributed by atoms with Gasteiger partial charge in [-0.2, -0.15) is 0 Å². The zero-order valence-corrected chi connectivity index (χ0v) is 12.6. The number of allylic oxidation sites excluding steroid dienone is 4. The largest absolute Gasteiger partial charge is 0.461 e. The maximum absolute atomic E-state index is 11.4. The zero-order valence-electron chi connectivity index (χ0n) is 12.6. The summed E-state index contributed by atoms with van der Waals surface area (Å²) >= 11 is 0. The molecule has 2 nitrogen and oxygen atoms in total. The molecule has 19 heavy (non-hydrogen) atoms. The van der Waals surface area contributed by atoms with Crippen molar-refractivity contribution in [3.05, 3.63) is 48.6 Å². The highest BCUT2D eigenvalue weighted by Crippen LogP contribution is 2.15. The maximum Gasteiger partial charge on any atom is 0.308 e. The molecule has 1 atom stereocenters. The number of hydrogen-bond donors (Lipinski definition) is 0. The molecule has 0 fully saturated rings. The van der Waals surface area contributed by atoms with Crippen LogP contribution < -0.4 is 0 Å². The second kappa shape index (κ2) is 9.43. The first-order valence-electron chi connectivity index (χ1n) is 6.77. The van der Waals surface area contributed by atoms with Crippen LogP contribution in [0.5, 0.6) is 0 Å². The van der Waals surface area contributed by atoms with Gasteiger partial charge in [0.25, 0.3) is 0 Å². The van der Waals surface area contributed by atoms with Crippen LogP contribution in [0.4, 0.5) is 0 Å². The Morgan fingerprint density at radius 2 is 1.95 bits per heavy atom. The normalized spacial score (nSPS) is 13.4. The predicted molar refractivity (Wildman–Crippen MR) is 84.8 cm³/mol. The summed E-state index contributed by atoms with van der Waals surface area (Å²) in [5.74, 6) is 0.160. The highest BCUT2D eigenvalue weighted by molar-refractivity contribution is 6.36. The first-order valence-corrected chi connectivity index (χ1v) is 6.77. The lowest BCUT2D eigenvalue weighted by atomic mass is 9.65. The second-order valence-corrected chi connectivity index (χ2v) is 4.96. The summed E-state index contributed by atoms with van der Waals surface area (Å²) < 4.78 is 5.20. The van der Waals surface area contributed by atoms with E-state index in [9.17, 15) is 4.79 Å². The van der Waals surface area contributed by atoms with Gasteiger partial charge in [-0.15, -0.1) is 0 Å². The number of ether oxygens (including phenoxy) is 1. The third-order valence-corrected chi connectivity index (χ3v) is 2.94. The van der Waals surface area contributed by atoms with Gasteiger partial charge in [0.2, 0.25) is 0 Å². The fraction of sp³-hybridized carbons (Fsp3) is 0.438. The highest BCUT2D eigenvalue weighted by Gasteiger charge is 2.08. The molecule has 0 aromatic heterocycles. The minimum atomic E-state index is -0.191. The summed E-state index contributed by atoms with van der Waals surface area (Å²) in [6.07, 6.45) is 7.44. The van der Waals surface area contributed by atoms with Gasteiger partial charge in [0, 0.05) is 0 Å². The Morgan fingerprint density at radius 3 is 2.42 bits per heavy atom. The van der Waals surface area contributed by atoms with Crippen LogP contribution in [0.3, 0.4) is 0 Å². The minimum Gasteiger partial charge on any atom is -0.461 e. The first-order chi connectivity index (χ1) is 8.92. The van der Waals surface area contributed by atoms with E-state index in [1.54, 1.807) is 6.08 Å². The molecule has 0 N–H and O–H groups in total. The van der Waals surface area contributed by atoms with E-state index in [-0.39, 0.29) is 18.5 Å². The summed E-state index contributed by atoms with van der Waals surface area (Å²) in [6, 6.07) is 0.